The Morgan fingerprint density at radius 3 is 2.05 bits per heavy atom. The number of amides is 2. The Kier molecular flexibility index (Phi) is 4.34. The quantitative estimate of drug-likeness (QED) is 0.591. The highest BCUT2D eigenvalue weighted by molar-refractivity contribution is 6.42. The molecule has 106 valence electrons. The molecule has 0 aliphatic carbocycles. The largest absolute Gasteiger partial charge is 0.453 e. The fourth-order valence-corrected chi connectivity index (χ4v) is 2.08. The summed E-state index contributed by atoms with van der Waals surface area (Å²) in [4.78, 5) is 38.4. The first-order valence-electron chi connectivity index (χ1n) is 6.35. The second-order valence-electron chi connectivity index (χ2n) is 4.44. The fourth-order valence-electron chi connectivity index (χ4n) is 2.08. The Morgan fingerprint density at radius 2 is 1.50 bits per heavy atom. The maximum atomic E-state index is 12.1. The van der Waals surface area contributed by atoms with Crippen molar-refractivity contribution in [2.45, 2.75) is 0 Å². The van der Waals surface area contributed by atoms with Crippen LogP contribution in [0.1, 0.15) is 10.4 Å². The molecule has 20 heavy (non-hydrogen) atoms. The summed E-state index contributed by atoms with van der Waals surface area (Å²) >= 11 is 0. The van der Waals surface area contributed by atoms with Gasteiger partial charge in [-0.2, -0.15) is 0 Å². The van der Waals surface area contributed by atoms with Crippen LogP contribution in [0.25, 0.3) is 0 Å². The average Bonchev–Trinajstić information content (AvgIpc) is 2.53. The number of nitrogens with zero attached hydrogens (tertiary/aromatic N) is 2. The van der Waals surface area contributed by atoms with Crippen LogP contribution in [0.15, 0.2) is 30.3 Å². The SMILES string of the molecule is COC(=O)N1CCN(C(=O)C(=O)c2ccccc2)CC1. The van der Waals surface area contributed by atoms with Crippen LogP contribution in [-0.2, 0) is 9.53 Å². The summed E-state index contributed by atoms with van der Waals surface area (Å²) in [6, 6.07) is 8.46. The van der Waals surface area contributed by atoms with E-state index >= 15 is 0 Å². The van der Waals surface area contributed by atoms with E-state index in [4.69, 9.17) is 0 Å². The van der Waals surface area contributed by atoms with Crippen molar-refractivity contribution in [2.24, 2.45) is 0 Å². The second-order valence-corrected chi connectivity index (χ2v) is 4.44. The highest BCUT2D eigenvalue weighted by atomic mass is 16.5. The molecule has 1 saturated heterocycles. The van der Waals surface area contributed by atoms with Gasteiger partial charge in [-0.3, -0.25) is 9.59 Å². The number of Topliss-reactive ketones (excluding diaryl/α,β-unsaturated/α-hetero) is 1. The molecule has 0 N–H and O–H groups in total. The van der Waals surface area contributed by atoms with Gasteiger partial charge >= 0.3 is 6.09 Å². The molecule has 1 aliphatic rings. The molecule has 0 saturated carbocycles. The number of piperazine rings is 1. The molecule has 2 rings (SSSR count). The summed E-state index contributed by atoms with van der Waals surface area (Å²) in [5.41, 5.74) is 0.382. The summed E-state index contributed by atoms with van der Waals surface area (Å²) in [7, 11) is 1.32. The third kappa shape index (κ3) is 2.96. The molecule has 6 heteroatoms. The van der Waals surface area contributed by atoms with Gasteiger partial charge in [-0.15, -0.1) is 0 Å². The Balaban J connectivity index is 1.95. The normalized spacial score (nSPS) is 14.8. The number of hydrogen-bond donors (Lipinski definition) is 0. The van der Waals surface area contributed by atoms with Gasteiger partial charge in [0.05, 0.1) is 7.11 Å². The average molecular weight is 276 g/mol. The molecule has 0 radical (unpaired) electrons. The van der Waals surface area contributed by atoms with Gasteiger partial charge in [0.25, 0.3) is 5.91 Å². The summed E-state index contributed by atoms with van der Waals surface area (Å²) < 4.78 is 4.62. The molecule has 6 nitrogen and oxygen atoms in total. The van der Waals surface area contributed by atoms with Gasteiger partial charge in [0, 0.05) is 31.7 Å². The lowest BCUT2D eigenvalue weighted by molar-refractivity contribution is -0.127. The Bertz CT molecular complexity index is 507. The van der Waals surface area contributed by atoms with Crippen molar-refractivity contribution in [3.8, 4) is 0 Å². The predicted octanol–water partition coefficient (Wildman–Crippen LogP) is 0.780. The van der Waals surface area contributed by atoms with Gasteiger partial charge in [0.15, 0.2) is 0 Å². The zero-order chi connectivity index (χ0) is 14.5. The van der Waals surface area contributed by atoms with E-state index in [9.17, 15) is 14.4 Å². The van der Waals surface area contributed by atoms with E-state index in [0.717, 1.165) is 0 Å². The molecule has 1 heterocycles. The molecule has 1 fully saturated rings. The predicted molar refractivity (Wildman–Crippen MR) is 71.3 cm³/mol. The standard InChI is InChI=1S/C14H16N2O4/c1-20-14(19)16-9-7-15(8-10-16)13(18)12(17)11-5-3-2-4-6-11/h2-6H,7-10H2,1H3. The van der Waals surface area contributed by atoms with E-state index in [1.807, 2.05) is 0 Å². The van der Waals surface area contributed by atoms with Gasteiger partial charge < -0.3 is 14.5 Å². The number of methoxy groups -OCH3 is 1. The zero-order valence-electron chi connectivity index (χ0n) is 11.2. The molecule has 0 unspecified atom stereocenters. The second kappa shape index (κ2) is 6.18. The van der Waals surface area contributed by atoms with Crippen LogP contribution in [0.3, 0.4) is 0 Å². The molecule has 0 bridgehead atoms. The van der Waals surface area contributed by atoms with Crippen LogP contribution >= 0.6 is 0 Å². The van der Waals surface area contributed by atoms with E-state index in [-0.39, 0.29) is 0 Å². The molecular formula is C14H16N2O4. The first kappa shape index (κ1) is 14.0. The summed E-state index contributed by atoms with van der Waals surface area (Å²) in [6.07, 6.45) is -0.411. The van der Waals surface area contributed by atoms with Crippen molar-refractivity contribution in [3.05, 3.63) is 35.9 Å². The maximum Gasteiger partial charge on any atom is 0.409 e. The van der Waals surface area contributed by atoms with Crippen molar-refractivity contribution in [1.29, 1.82) is 0 Å². The molecule has 0 aromatic heterocycles. The van der Waals surface area contributed by atoms with Crippen LogP contribution in [0.4, 0.5) is 4.79 Å². The molecule has 0 atom stereocenters. The summed E-state index contributed by atoms with van der Waals surface area (Å²) in [6.45, 7) is 1.43. The first-order chi connectivity index (χ1) is 9.63. The van der Waals surface area contributed by atoms with Crippen molar-refractivity contribution in [3.63, 3.8) is 0 Å². The van der Waals surface area contributed by atoms with Gasteiger partial charge in [-0.25, -0.2) is 4.79 Å². The van der Waals surface area contributed by atoms with Crippen LogP contribution in [0.2, 0.25) is 0 Å². The molecule has 1 aromatic rings. The summed E-state index contributed by atoms with van der Waals surface area (Å²) in [5, 5.41) is 0. The van der Waals surface area contributed by atoms with Crippen molar-refractivity contribution in [1.82, 2.24) is 9.80 Å². The fraction of sp³-hybridized carbons (Fsp3) is 0.357. The van der Waals surface area contributed by atoms with E-state index in [2.05, 4.69) is 4.74 Å². The number of hydrogen-bond acceptors (Lipinski definition) is 4. The Hall–Kier alpha value is -2.37. The van der Waals surface area contributed by atoms with Gasteiger partial charge in [-0.1, -0.05) is 30.3 Å². The van der Waals surface area contributed by atoms with Crippen molar-refractivity contribution in [2.75, 3.05) is 33.3 Å². The van der Waals surface area contributed by atoms with Crippen molar-refractivity contribution < 1.29 is 19.1 Å². The number of benzene rings is 1. The number of carbonyl (C=O) groups is 3. The third-order valence-corrected chi connectivity index (χ3v) is 3.23. The third-order valence-electron chi connectivity index (χ3n) is 3.23. The Labute approximate surface area is 116 Å². The van der Waals surface area contributed by atoms with Crippen molar-refractivity contribution >= 4 is 17.8 Å². The monoisotopic (exact) mass is 276 g/mol. The van der Waals surface area contributed by atoms with E-state index < -0.39 is 17.8 Å². The molecule has 2 amide bonds. The van der Waals surface area contributed by atoms with Gasteiger partial charge in [-0.05, 0) is 0 Å². The smallest absolute Gasteiger partial charge is 0.409 e. The minimum atomic E-state index is -0.527. The van der Waals surface area contributed by atoms with E-state index in [1.165, 1.54) is 16.9 Å². The number of ether oxygens (including phenoxy) is 1. The number of rotatable bonds is 2. The highest BCUT2D eigenvalue weighted by Crippen LogP contribution is 2.08. The Morgan fingerprint density at radius 1 is 0.950 bits per heavy atom. The minimum absolute atomic E-state index is 0.340. The molecule has 0 spiro atoms. The minimum Gasteiger partial charge on any atom is -0.453 e. The van der Waals surface area contributed by atoms with E-state index in [1.54, 1.807) is 30.3 Å². The zero-order valence-corrected chi connectivity index (χ0v) is 11.2. The summed E-state index contributed by atoms with van der Waals surface area (Å²) in [5.74, 6) is -1.04. The lowest BCUT2D eigenvalue weighted by Crippen LogP contribution is -2.52. The topological polar surface area (TPSA) is 66.9 Å². The van der Waals surface area contributed by atoms with Gasteiger partial charge in [0.1, 0.15) is 0 Å². The number of ketones is 1. The van der Waals surface area contributed by atoms with Crippen LogP contribution in [0, 0.1) is 0 Å². The lowest BCUT2D eigenvalue weighted by atomic mass is 10.1. The maximum absolute atomic E-state index is 12.1. The van der Waals surface area contributed by atoms with E-state index in [0.29, 0.717) is 31.7 Å². The highest BCUT2D eigenvalue weighted by Gasteiger charge is 2.28. The first-order valence-corrected chi connectivity index (χ1v) is 6.35. The number of carbonyl (C=O) groups excluding carboxylic acids is 3. The lowest BCUT2D eigenvalue weighted by Gasteiger charge is -2.33. The van der Waals surface area contributed by atoms with Gasteiger partial charge in [0.2, 0.25) is 5.78 Å². The molecule has 1 aromatic carbocycles. The molecular weight excluding hydrogens is 260 g/mol. The molecule has 1 aliphatic heterocycles. The van der Waals surface area contributed by atoms with Crippen LogP contribution in [-0.4, -0.2) is 60.9 Å². The van der Waals surface area contributed by atoms with Crippen LogP contribution in [0.5, 0.6) is 0 Å². The van der Waals surface area contributed by atoms with Crippen LogP contribution < -0.4 is 0 Å².